The Bertz CT molecular complexity index is 241. The first-order valence-corrected chi connectivity index (χ1v) is 6.17. The van der Waals surface area contributed by atoms with Crippen LogP contribution in [0.3, 0.4) is 0 Å². The van der Waals surface area contributed by atoms with Gasteiger partial charge >= 0.3 is 0 Å². The van der Waals surface area contributed by atoms with E-state index in [1.54, 1.807) is 0 Å². The smallest absolute Gasteiger partial charge is 0.0787 e. The molecule has 0 radical (unpaired) electrons. The lowest BCUT2D eigenvalue weighted by Gasteiger charge is -2.49. The van der Waals surface area contributed by atoms with Gasteiger partial charge in [-0.05, 0) is 20.3 Å². The predicted octanol–water partition coefficient (Wildman–Crippen LogP) is 0.670. The van der Waals surface area contributed by atoms with Gasteiger partial charge in [0.05, 0.1) is 24.4 Å². The molecular weight excluding hydrogens is 206 g/mol. The van der Waals surface area contributed by atoms with Crippen molar-refractivity contribution < 1.29 is 14.6 Å². The molecule has 2 rings (SSSR count). The van der Waals surface area contributed by atoms with Crippen molar-refractivity contribution >= 4 is 0 Å². The van der Waals surface area contributed by atoms with E-state index < -0.39 is 5.60 Å². The van der Waals surface area contributed by atoms with Crippen LogP contribution in [0.2, 0.25) is 0 Å². The molecule has 0 aliphatic carbocycles. The molecule has 0 aromatic heterocycles. The highest BCUT2D eigenvalue weighted by molar-refractivity contribution is 5.05. The molecule has 4 nitrogen and oxygen atoms in total. The van der Waals surface area contributed by atoms with Crippen LogP contribution in [0, 0.1) is 5.41 Å². The normalized spacial score (nSPS) is 49.5. The van der Waals surface area contributed by atoms with E-state index in [0.29, 0.717) is 32.6 Å². The molecule has 16 heavy (non-hydrogen) atoms. The first kappa shape index (κ1) is 12.3. The summed E-state index contributed by atoms with van der Waals surface area (Å²) in [6.07, 6.45) is 2.38. The van der Waals surface area contributed by atoms with Gasteiger partial charge in [0.25, 0.3) is 0 Å². The van der Waals surface area contributed by atoms with Crippen LogP contribution in [0.4, 0.5) is 0 Å². The van der Waals surface area contributed by atoms with Crippen molar-refractivity contribution in [2.45, 2.75) is 50.9 Å². The third-order valence-corrected chi connectivity index (χ3v) is 4.20. The fraction of sp³-hybridized carbons (Fsp3) is 1.00. The minimum Gasteiger partial charge on any atom is -0.389 e. The van der Waals surface area contributed by atoms with Gasteiger partial charge in [0.1, 0.15) is 0 Å². The highest BCUT2D eigenvalue weighted by Gasteiger charge is 2.54. The molecule has 4 heteroatoms. The average Bonchev–Trinajstić information content (AvgIpc) is 2.64. The molecule has 2 aliphatic heterocycles. The Morgan fingerprint density at radius 1 is 1.31 bits per heavy atom. The van der Waals surface area contributed by atoms with E-state index in [1.807, 2.05) is 13.8 Å². The molecule has 0 bridgehead atoms. The number of rotatable bonds is 2. The summed E-state index contributed by atoms with van der Waals surface area (Å²) >= 11 is 0. The van der Waals surface area contributed by atoms with E-state index >= 15 is 0 Å². The number of hydrogen-bond donors (Lipinski definition) is 2. The van der Waals surface area contributed by atoms with Gasteiger partial charge in [0.15, 0.2) is 0 Å². The van der Waals surface area contributed by atoms with Gasteiger partial charge in [-0.25, -0.2) is 0 Å². The van der Waals surface area contributed by atoms with Crippen LogP contribution in [0.25, 0.3) is 0 Å². The zero-order chi connectivity index (χ0) is 11.8. The summed E-state index contributed by atoms with van der Waals surface area (Å²) in [5, 5.41) is 10.9. The van der Waals surface area contributed by atoms with Crippen molar-refractivity contribution in [3.63, 3.8) is 0 Å². The average molecular weight is 229 g/mol. The Morgan fingerprint density at radius 3 is 2.38 bits per heavy atom. The Balaban J connectivity index is 2.21. The quantitative estimate of drug-likeness (QED) is 0.730. The first-order chi connectivity index (χ1) is 7.51. The summed E-state index contributed by atoms with van der Waals surface area (Å²) in [5.74, 6) is 0. The number of aliphatic hydroxyl groups is 1. The molecular formula is C12H23NO3. The van der Waals surface area contributed by atoms with Crippen LogP contribution in [0.15, 0.2) is 0 Å². The Hall–Kier alpha value is -0.160. The lowest BCUT2D eigenvalue weighted by Crippen LogP contribution is -2.58. The van der Waals surface area contributed by atoms with Gasteiger partial charge in [0.2, 0.25) is 0 Å². The van der Waals surface area contributed by atoms with Crippen LogP contribution in [-0.2, 0) is 9.47 Å². The van der Waals surface area contributed by atoms with Crippen molar-refractivity contribution in [2.75, 3.05) is 19.8 Å². The predicted molar refractivity (Wildman–Crippen MR) is 61.1 cm³/mol. The second-order valence-electron chi connectivity index (χ2n) is 5.48. The largest absolute Gasteiger partial charge is 0.389 e. The molecule has 94 valence electrons. The van der Waals surface area contributed by atoms with Gasteiger partial charge in [-0.15, -0.1) is 0 Å². The molecule has 0 spiro atoms. The van der Waals surface area contributed by atoms with Gasteiger partial charge in [0, 0.05) is 31.4 Å². The summed E-state index contributed by atoms with van der Waals surface area (Å²) < 4.78 is 11.1. The Kier molecular flexibility index (Phi) is 3.27. The molecule has 2 fully saturated rings. The van der Waals surface area contributed by atoms with Gasteiger partial charge < -0.3 is 20.3 Å². The summed E-state index contributed by atoms with van der Waals surface area (Å²) in [6, 6.07) is 0. The van der Waals surface area contributed by atoms with E-state index in [2.05, 4.69) is 0 Å². The van der Waals surface area contributed by atoms with Gasteiger partial charge in [-0.2, -0.15) is 0 Å². The number of hydrogen-bond acceptors (Lipinski definition) is 4. The number of ether oxygens (including phenoxy) is 2. The fourth-order valence-electron chi connectivity index (χ4n) is 3.29. The topological polar surface area (TPSA) is 64.7 Å². The van der Waals surface area contributed by atoms with E-state index in [0.717, 1.165) is 6.42 Å². The third-order valence-electron chi connectivity index (χ3n) is 4.20. The van der Waals surface area contributed by atoms with Crippen molar-refractivity contribution in [1.82, 2.24) is 0 Å². The monoisotopic (exact) mass is 229 g/mol. The van der Waals surface area contributed by atoms with E-state index in [4.69, 9.17) is 15.2 Å². The van der Waals surface area contributed by atoms with Gasteiger partial charge in [-0.1, -0.05) is 0 Å². The molecule has 3 unspecified atom stereocenters. The Morgan fingerprint density at radius 2 is 1.94 bits per heavy atom. The maximum atomic E-state index is 10.9. The second kappa shape index (κ2) is 4.26. The first-order valence-electron chi connectivity index (χ1n) is 6.17. The molecule has 0 aromatic carbocycles. The van der Waals surface area contributed by atoms with Crippen molar-refractivity contribution in [3.05, 3.63) is 0 Å². The van der Waals surface area contributed by atoms with E-state index in [9.17, 15) is 5.11 Å². The summed E-state index contributed by atoms with van der Waals surface area (Å²) in [7, 11) is 0. The van der Waals surface area contributed by atoms with Crippen LogP contribution >= 0.6 is 0 Å². The lowest BCUT2D eigenvalue weighted by atomic mass is 9.65. The van der Waals surface area contributed by atoms with Crippen LogP contribution < -0.4 is 5.73 Å². The Labute approximate surface area is 97.1 Å². The summed E-state index contributed by atoms with van der Waals surface area (Å²) in [4.78, 5) is 0. The van der Waals surface area contributed by atoms with Gasteiger partial charge in [-0.3, -0.25) is 0 Å². The molecule has 0 aromatic rings. The van der Waals surface area contributed by atoms with E-state index in [1.165, 1.54) is 0 Å². The molecule has 0 amide bonds. The number of nitrogens with two attached hydrogens (primary N) is 1. The van der Waals surface area contributed by atoms with Crippen LogP contribution in [0.1, 0.15) is 33.1 Å². The minimum atomic E-state index is -0.727. The molecule has 0 saturated carbocycles. The van der Waals surface area contributed by atoms with E-state index in [-0.39, 0.29) is 17.6 Å². The van der Waals surface area contributed by atoms with Crippen molar-refractivity contribution in [3.8, 4) is 0 Å². The highest BCUT2D eigenvalue weighted by Crippen LogP contribution is 2.46. The lowest BCUT2D eigenvalue weighted by molar-refractivity contribution is -0.184. The third kappa shape index (κ3) is 1.88. The summed E-state index contributed by atoms with van der Waals surface area (Å²) in [6.45, 7) is 5.81. The molecule has 2 heterocycles. The fourth-order valence-corrected chi connectivity index (χ4v) is 3.29. The maximum Gasteiger partial charge on any atom is 0.0787 e. The SMILES string of the molecule is CC1CC(O)(C2(CN)CCOC2)CC(C)O1. The second-order valence-corrected chi connectivity index (χ2v) is 5.48. The zero-order valence-corrected chi connectivity index (χ0v) is 10.2. The molecule has 3 atom stereocenters. The van der Waals surface area contributed by atoms with Crippen LogP contribution in [0.5, 0.6) is 0 Å². The zero-order valence-electron chi connectivity index (χ0n) is 10.2. The van der Waals surface area contributed by atoms with Crippen LogP contribution in [-0.4, -0.2) is 42.7 Å². The van der Waals surface area contributed by atoms with Crippen molar-refractivity contribution in [2.24, 2.45) is 11.1 Å². The standard InChI is InChI=1S/C12H23NO3/c1-9-5-12(14,6-10(2)16-9)11(7-13)3-4-15-8-11/h9-10,14H,3-8,13H2,1-2H3. The highest BCUT2D eigenvalue weighted by atomic mass is 16.5. The summed E-state index contributed by atoms with van der Waals surface area (Å²) in [5.41, 5.74) is 4.90. The molecule has 2 aliphatic rings. The maximum absolute atomic E-state index is 10.9. The minimum absolute atomic E-state index is 0.0952. The van der Waals surface area contributed by atoms with Crippen molar-refractivity contribution in [1.29, 1.82) is 0 Å². The molecule has 3 N–H and O–H groups in total. The molecule has 2 saturated heterocycles.